The van der Waals surface area contributed by atoms with Crippen LogP contribution in [0.1, 0.15) is 25.3 Å². The number of hydrogen-bond donors (Lipinski definition) is 0. The van der Waals surface area contributed by atoms with Gasteiger partial charge >= 0.3 is 96.9 Å². The fourth-order valence-corrected chi connectivity index (χ4v) is 1.45. The Bertz CT molecular complexity index is 288. The van der Waals surface area contributed by atoms with Gasteiger partial charge in [0.25, 0.3) is 0 Å². The summed E-state index contributed by atoms with van der Waals surface area (Å²) in [5.74, 6) is 0.978. The minimum atomic E-state index is 0.738. The second-order valence-corrected chi connectivity index (χ2v) is 3.62. The number of benzene rings is 1. The number of para-hydroxylation sites is 1. The molecular formula is C11H15NOTi. The van der Waals surface area contributed by atoms with Crippen LogP contribution in [0.2, 0.25) is 0 Å². The summed E-state index contributed by atoms with van der Waals surface area (Å²) in [5, 5.41) is 0. The first-order valence-corrected chi connectivity index (χ1v) is 5.62. The first-order chi connectivity index (χ1) is 6.88. The van der Waals surface area contributed by atoms with Crippen LogP contribution in [0.15, 0.2) is 27.7 Å². The normalized spacial score (nSPS) is 9.71. The summed E-state index contributed by atoms with van der Waals surface area (Å²) in [4.78, 5) is 0. The van der Waals surface area contributed by atoms with E-state index in [4.69, 9.17) is 4.74 Å². The van der Waals surface area contributed by atoms with Crippen molar-refractivity contribution in [1.29, 1.82) is 0 Å². The standard InChI is InChI=1S/C11H15NO.Ti/c1-2-3-8-13-11-7-5-4-6-10(11)9-12;/h4-7H,2-3,8-9H2,1H3;. The fraction of sp³-hybridized carbons (Fsp3) is 0.455. The van der Waals surface area contributed by atoms with Gasteiger partial charge in [0.2, 0.25) is 0 Å². The number of ether oxygens (including phenoxy) is 1. The van der Waals surface area contributed by atoms with Gasteiger partial charge in [0, 0.05) is 0 Å². The van der Waals surface area contributed by atoms with Gasteiger partial charge in [-0.2, -0.15) is 0 Å². The number of nitrogens with zero attached hydrogens (tertiary/aromatic N) is 1. The zero-order valence-electron chi connectivity index (χ0n) is 8.49. The molecule has 1 rings (SSSR count). The molecule has 0 fully saturated rings. The molecule has 0 saturated carbocycles. The van der Waals surface area contributed by atoms with Crippen molar-refractivity contribution in [1.82, 2.24) is 0 Å². The monoisotopic (exact) mass is 225 g/mol. The third-order valence-corrected chi connectivity index (χ3v) is 2.22. The third kappa shape index (κ3) is 3.73. The Labute approximate surface area is 96.9 Å². The van der Waals surface area contributed by atoms with Gasteiger partial charge in [-0.15, -0.1) is 0 Å². The van der Waals surface area contributed by atoms with E-state index in [0.717, 1.165) is 25.3 Å². The molecule has 0 saturated heterocycles. The Morgan fingerprint density at radius 3 is 2.86 bits per heavy atom. The number of rotatable bonds is 6. The van der Waals surface area contributed by atoms with Gasteiger partial charge < -0.3 is 0 Å². The van der Waals surface area contributed by atoms with E-state index < -0.39 is 0 Å². The van der Waals surface area contributed by atoms with Crippen LogP contribution >= 0.6 is 0 Å². The van der Waals surface area contributed by atoms with E-state index in [0.29, 0.717) is 0 Å². The zero-order valence-corrected chi connectivity index (χ0v) is 10.1. The molecule has 0 radical (unpaired) electrons. The van der Waals surface area contributed by atoms with E-state index in [-0.39, 0.29) is 0 Å². The molecule has 0 spiro atoms. The molecule has 0 unspecified atom stereocenters. The second kappa shape index (κ2) is 6.91. The molecule has 74 valence electrons. The molecule has 0 N–H and O–H groups in total. The molecule has 1 aromatic carbocycles. The van der Waals surface area contributed by atoms with Gasteiger partial charge in [-0.1, -0.05) is 0 Å². The molecule has 3 heteroatoms. The van der Waals surface area contributed by atoms with Gasteiger partial charge in [-0.25, -0.2) is 0 Å². The van der Waals surface area contributed by atoms with Crippen molar-refractivity contribution in [2.45, 2.75) is 26.3 Å². The average molecular weight is 225 g/mol. The van der Waals surface area contributed by atoms with Crippen molar-refractivity contribution in [3.05, 3.63) is 29.8 Å². The third-order valence-electron chi connectivity index (χ3n) is 1.98. The Kier molecular flexibility index (Phi) is 5.73. The topological polar surface area (TPSA) is 21.6 Å². The Hall–Kier alpha value is -0.466. The van der Waals surface area contributed by atoms with Crippen LogP contribution in [-0.4, -0.2) is 6.61 Å². The van der Waals surface area contributed by atoms with Crippen LogP contribution in [0.4, 0.5) is 0 Å². The second-order valence-electron chi connectivity index (χ2n) is 3.13. The molecule has 0 amide bonds. The van der Waals surface area contributed by atoms with Crippen molar-refractivity contribution >= 4 is 0 Å². The van der Waals surface area contributed by atoms with Crippen molar-refractivity contribution in [3.63, 3.8) is 0 Å². The van der Waals surface area contributed by atoms with Crippen LogP contribution in [0, 0.1) is 0 Å². The van der Waals surface area contributed by atoms with Crippen molar-refractivity contribution in [3.8, 4) is 5.75 Å². The van der Waals surface area contributed by atoms with Crippen molar-refractivity contribution in [2.75, 3.05) is 6.61 Å². The maximum absolute atomic E-state index is 5.67. The fourth-order valence-electron chi connectivity index (χ4n) is 1.19. The molecule has 1 aromatic rings. The summed E-state index contributed by atoms with van der Waals surface area (Å²) < 4.78 is 9.78. The minimum absolute atomic E-state index is 0.738. The van der Waals surface area contributed by atoms with Crippen LogP contribution in [0.3, 0.4) is 0 Å². The van der Waals surface area contributed by atoms with E-state index in [1.54, 1.807) is 0 Å². The molecule has 0 aliphatic carbocycles. The summed E-state index contributed by atoms with van der Waals surface area (Å²) >= 11 is 1.82. The van der Waals surface area contributed by atoms with Crippen LogP contribution < -0.4 is 4.74 Å². The Balaban J connectivity index is 2.59. The summed E-state index contributed by atoms with van der Waals surface area (Å²) in [6.45, 7) is 3.70. The molecule has 0 heterocycles. The van der Waals surface area contributed by atoms with Crippen LogP contribution in [0.5, 0.6) is 5.75 Å². The van der Waals surface area contributed by atoms with E-state index in [2.05, 4.69) is 16.4 Å². The van der Waals surface area contributed by atoms with E-state index in [9.17, 15) is 0 Å². The predicted octanol–water partition coefficient (Wildman–Crippen LogP) is 3.10. The summed E-state index contributed by atoms with van der Waals surface area (Å²) in [7, 11) is 0. The van der Waals surface area contributed by atoms with Crippen molar-refractivity contribution in [2.24, 2.45) is 3.42 Å². The SMILES string of the molecule is CCCCOc1ccccc1C[N]=[Ti]. The first kappa shape index (κ1) is 11.6. The molecule has 14 heavy (non-hydrogen) atoms. The first-order valence-electron chi connectivity index (χ1n) is 4.92. The van der Waals surface area contributed by atoms with E-state index in [1.807, 2.05) is 38.5 Å². The molecule has 0 aliphatic heterocycles. The van der Waals surface area contributed by atoms with Gasteiger partial charge in [-0.3, -0.25) is 0 Å². The Morgan fingerprint density at radius 2 is 2.14 bits per heavy atom. The predicted molar refractivity (Wildman–Crippen MR) is 53.0 cm³/mol. The molecule has 0 aromatic heterocycles. The Morgan fingerprint density at radius 1 is 1.36 bits per heavy atom. The van der Waals surface area contributed by atoms with Crippen LogP contribution in [-0.2, 0) is 26.8 Å². The van der Waals surface area contributed by atoms with Crippen LogP contribution in [0.25, 0.3) is 0 Å². The molecule has 0 bridgehead atoms. The van der Waals surface area contributed by atoms with Gasteiger partial charge in [0.15, 0.2) is 0 Å². The molecule has 0 atom stereocenters. The van der Waals surface area contributed by atoms with E-state index in [1.165, 1.54) is 12.0 Å². The summed E-state index contributed by atoms with van der Waals surface area (Å²) in [5.41, 5.74) is 1.17. The molecule has 2 nitrogen and oxygen atoms in total. The summed E-state index contributed by atoms with van der Waals surface area (Å²) in [6.07, 6.45) is 2.28. The van der Waals surface area contributed by atoms with Gasteiger partial charge in [-0.05, 0) is 0 Å². The van der Waals surface area contributed by atoms with E-state index >= 15 is 0 Å². The molecular weight excluding hydrogens is 210 g/mol. The summed E-state index contributed by atoms with van der Waals surface area (Å²) in [6, 6.07) is 8.10. The van der Waals surface area contributed by atoms with Gasteiger partial charge in [0.1, 0.15) is 0 Å². The van der Waals surface area contributed by atoms with Gasteiger partial charge in [0.05, 0.1) is 0 Å². The zero-order chi connectivity index (χ0) is 10.2. The van der Waals surface area contributed by atoms with Crippen molar-refractivity contribution < 1.29 is 25.0 Å². The number of unbranched alkanes of at least 4 members (excludes halogenated alkanes) is 1. The quantitative estimate of drug-likeness (QED) is 0.538. The molecule has 0 aliphatic rings. The average Bonchev–Trinajstić information content (AvgIpc) is 2.21. The maximum atomic E-state index is 5.67. The number of hydrogen-bond acceptors (Lipinski definition) is 2.